The molecule has 1 aromatic carbocycles. The molecule has 0 radical (unpaired) electrons. The van der Waals surface area contributed by atoms with Gasteiger partial charge in [0, 0.05) is 17.6 Å². The zero-order valence-corrected chi connectivity index (χ0v) is 14.3. The van der Waals surface area contributed by atoms with Gasteiger partial charge in [0.25, 0.3) is 0 Å². The maximum Gasteiger partial charge on any atom is 0.188 e. The predicted octanol–water partition coefficient (Wildman–Crippen LogP) is 5.56. The Morgan fingerprint density at radius 1 is 1.45 bits per heavy atom. The first kappa shape index (κ1) is 15.5. The lowest BCUT2D eigenvalue weighted by molar-refractivity contribution is 0.491. The van der Waals surface area contributed by atoms with Crippen LogP contribution in [0.15, 0.2) is 34.0 Å². The Bertz CT molecular complexity index is 920. The summed E-state index contributed by atoms with van der Waals surface area (Å²) in [5, 5.41) is 5.47. The third-order valence-corrected chi connectivity index (χ3v) is 4.62. The van der Waals surface area contributed by atoms with Crippen LogP contribution < -0.4 is 0 Å². The van der Waals surface area contributed by atoms with E-state index in [-0.39, 0.29) is 5.02 Å². The van der Waals surface area contributed by atoms with E-state index in [0.29, 0.717) is 26.3 Å². The van der Waals surface area contributed by atoms with Crippen molar-refractivity contribution >= 4 is 46.5 Å². The fraction of sp³-hybridized carbons (Fsp3) is 0.200. The van der Waals surface area contributed by atoms with Crippen LogP contribution in [0.3, 0.4) is 0 Å². The molecule has 0 aliphatic rings. The maximum absolute atomic E-state index is 13.8. The van der Waals surface area contributed by atoms with Gasteiger partial charge in [0.05, 0.1) is 15.7 Å². The first-order valence-corrected chi connectivity index (χ1v) is 8.38. The van der Waals surface area contributed by atoms with E-state index in [4.69, 9.17) is 28.2 Å². The van der Waals surface area contributed by atoms with Crippen LogP contribution in [0, 0.1) is 17.3 Å². The van der Waals surface area contributed by atoms with E-state index < -0.39 is 5.82 Å². The molecule has 3 nitrogen and oxygen atoms in total. The Balaban J connectivity index is 2.38. The second kappa shape index (κ2) is 6.02. The number of aromatic nitrogens is 2. The van der Waals surface area contributed by atoms with Crippen molar-refractivity contribution in [2.24, 2.45) is 0 Å². The highest BCUT2D eigenvalue weighted by Gasteiger charge is 2.16. The quantitative estimate of drug-likeness (QED) is 0.455. The minimum absolute atomic E-state index is 0.0146. The second-order valence-corrected chi connectivity index (χ2v) is 6.78. The van der Waals surface area contributed by atoms with Gasteiger partial charge in [-0.2, -0.15) is 5.10 Å². The number of fused-ring (bicyclic) bond motifs is 1. The summed E-state index contributed by atoms with van der Waals surface area (Å²) in [7, 11) is 0. The minimum atomic E-state index is -0.519. The van der Waals surface area contributed by atoms with Crippen molar-refractivity contribution in [3.63, 3.8) is 0 Å². The smallest absolute Gasteiger partial charge is 0.188 e. The van der Waals surface area contributed by atoms with Gasteiger partial charge in [-0.15, -0.1) is 0 Å². The van der Waals surface area contributed by atoms with E-state index >= 15 is 0 Å². The van der Waals surface area contributed by atoms with Crippen molar-refractivity contribution in [3.05, 3.63) is 45.4 Å². The standard InChI is InChI=1S/C15H12ClFN2OS2/c1-3-22-15-13(19-7-8(2)6-18-19)14(21)9-4-11(17)10(16)5-12(9)20-15/h4-7H,3H2,1-2H3. The van der Waals surface area contributed by atoms with E-state index in [0.717, 1.165) is 11.3 Å². The zero-order valence-electron chi connectivity index (χ0n) is 11.9. The molecule has 22 heavy (non-hydrogen) atoms. The lowest BCUT2D eigenvalue weighted by Gasteiger charge is -2.10. The minimum Gasteiger partial charge on any atom is -0.447 e. The molecular formula is C15H12ClFN2OS2. The monoisotopic (exact) mass is 354 g/mol. The Hall–Kier alpha value is -1.37. The number of halogens is 2. The van der Waals surface area contributed by atoms with Crippen molar-refractivity contribution in [3.8, 4) is 5.69 Å². The number of benzene rings is 1. The van der Waals surface area contributed by atoms with Gasteiger partial charge in [0.2, 0.25) is 0 Å². The van der Waals surface area contributed by atoms with Crippen LogP contribution in [0.1, 0.15) is 12.5 Å². The normalized spacial score (nSPS) is 11.3. The summed E-state index contributed by atoms with van der Waals surface area (Å²) in [5.41, 5.74) is 2.13. The lowest BCUT2D eigenvalue weighted by Crippen LogP contribution is -1.99. The fourth-order valence-electron chi connectivity index (χ4n) is 2.12. The molecule has 7 heteroatoms. The van der Waals surface area contributed by atoms with Gasteiger partial charge in [-0.3, -0.25) is 0 Å². The molecule has 0 N–H and O–H groups in total. The van der Waals surface area contributed by atoms with Gasteiger partial charge in [-0.05, 0) is 24.3 Å². The third-order valence-electron chi connectivity index (χ3n) is 3.09. The molecule has 0 unspecified atom stereocenters. The van der Waals surface area contributed by atoms with Gasteiger partial charge in [0.15, 0.2) is 5.09 Å². The lowest BCUT2D eigenvalue weighted by atomic mass is 10.2. The number of nitrogens with zero attached hydrogens (tertiary/aromatic N) is 2. The summed E-state index contributed by atoms with van der Waals surface area (Å²) < 4.78 is 21.8. The van der Waals surface area contributed by atoms with Crippen molar-refractivity contribution in [1.82, 2.24) is 9.78 Å². The molecule has 0 saturated carbocycles. The molecule has 0 amide bonds. The zero-order chi connectivity index (χ0) is 15.9. The Kier molecular flexibility index (Phi) is 4.25. The van der Waals surface area contributed by atoms with Crippen LogP contribution in [0.25, 0.3) is 16.7 Å². The molecule has 0 aliphatic heterocycles. The van der Waals surface area contributed by atoms with Crippen LogP contribution >= 0.6 is 35.6 Å². The molecule has 0 atom stereocenters. The summed E-state index contributed by atoms with van der Waals surface area (Å²) in [6, 6.07) is 2.77. The van der Waals surface area contributed by atoms with Crippen molar-refractivity contribution in [2.45, 2.75) is 18.9 Å². The average molecular weight is 355 g/mol. The Labute approximate surface area is 141 Å². The van der Waals surface area contributed by atoms with E-state index in [9.17, 15) is 4.39 Å². The highest BCUT2D eigenvalue weighted by atomic mass is 35.5. The van der Waals surface area contributed by atoms with Gasteiger partial charge in [-0.1, -0.05) is 42.5 Å². The SMILES string of the molecule is CCSc1oc2cc(Cl)c(F)cc2c(=S)c1-n1cc(C)cn1. The number of hydrogen-bond acceptors (Lipinski definition) is 4. The van der Waals surface area contributed by atoms with Gasteiger partial charge in [0.1, 0.15) is 17.1 Å². The number of rotatable bonds is 3. The van der Waals surface area contributed by atoms with Gasteiger partial charge >= 0.3 is 0 Å². The molecule has 3 aromatic rings. The summed E-state index contributed by atoms with van der Waals surface area (Å²) in [6.07, 6.45) is 3.60. The first-order valence-electron chi connectivity index (χ1n) is 6.61. The van der Waals surface area contributed by atoms with Crippen LogP contribution in [0.2, 0.25) is 5.02 Å². The van der Waals surface area contributed by atoms with Crippen LogP contribution in [0.5, 0.6) is 0 Å². The Morgan fingerprint density at radius 2 is 2.23 bits per heavy atom. The molecule has 0 aliphatic carbocycles. The van der Waals surface area contributed by atoms with Crippen molar-refractivity contribution in [2.75, 3.05) is 5.75 Å². The number of thioether (sulfide) groups is 1. The maximum atomic E-state index is 13.8. The van der Waals surface area contributed by atoms with Crippen molar-refractivity contribution in [1.29, 1.82) is 0 Å². The molecular weight excluding hydrogens is 343 g/mol. The van der Waals surface area contributed by atoms with Crippen LogP contribution in [0.4, 0.5) is 4.39 Å². The molecule has 0 spiro atoms. The molecule has 3 rings (SSSR count). The predicted molar refractivity (Wildman–Crippen MR) is 90.3 cm³/mol. The van der Waals surface area contributed by atoms with E-state index in [1.54, 1.807) is 10.9 Å². The van der Waals surface area contributed by atoms with E-state index in [1.807, 2.05) is 20.0 Å². The van der Waals surface area contributed by atoms with E-state index in [2.05, 4.69) is 5.10 Å². The molecule has 114 valence electrons. The Morgan fingerprint density at radius 3 is 2.86 bits per heavy atom. The summed E-state index contributed by atoms with van der Waals surface area (Å²) >= 11 is 12.9. The second-order valence-electron chi connectivity index (χ2n) is 4.72. The first-order chi connectivity index (χ1) is 10.5. The average Bonchev–Trinajstić information content (AvgIpc) is 2.88. The highest BCUT2D eigenvalue weighted by molar-refractivity contribution is 7.99. The molecule has 2 aromatic heterocycles. The summed E-state index contributed by atoms with van der Waals surface area (Å²) in [4.78, 5) is 0. The van der Waals surface area contributed by atoms with Gasteiger partial charge < -0.3 is 4.42 Å². The third kappa shape index (κ3) is 2.66. The molecule has 2 heterocycles. The molecule has 0 bridgehead atoms. The van der Waals surface area contributed by atoms with Gasteiger partial charge in [-0.25, -0.2) is 9.07 Å². The largest absolute Gasteiger partial charge is 0.447 e. The summed E-state index contributed by atoms with van der Waals surface area (Å²) in [6.45, 7) is 3.96. The van der Waals surface area contributed by atoms with Crippen molar-refractivity contribution < 1.29 is 8.81 Å². The number of aryl methyl sites for hydroxylation is 1. The highest BCUT2D eigenvalue weighted by Crippen LogP contribution is 2.34. The van der Waals surface area contributed by atoms with Crippen LogP contribution in [-0.2, 0) is 0 Å². The topological polar surface area (TPSA) is 31.0 Å². The van der Waals surface area contributed by atoms with E-state index in [1.165, 1.54) is 23.9 Å². The number of hydrogen-bond donors (Lipinski definition) is 0. The molecule has 0 fully saturated rings. The molecule has 0 saturated heterocycles. The van der Waals surface area contributed by atoms with Crippen LogP contribution in [-0.4, -0.2) is 15.5 Å². The summed E-state index contributed by atoms with van der Waals surface area (Å²) in [5.74, 6) is 0.292. The fourth-order valence-corrected chi connectivity index (χ4v) is 3.43.